The highest BCUT2D eigenvalue weighted by Gasteiger charge is 2.27. The number of nitrogen functional groups attached to an aromatic ring is 1. The van der Waals surface area contributed by atoms with Crippen LogP contribution < -0.4 is 15.4 Å². The first-order valence-corrected chi connectivity index (χ1v) is 7.16. The minimum Gasteiger partial charge on any atom is -0.461 e. The van der Waals surface area contributed by atoms with Crippen molar-refractivity contribution < 1.29 is 9.84 Å². The molecule has 0 radical (unpaired) electrons. The van der Waals surface area contributed by atoms with Gasteiger partial charge in [0.2, 0.25) is 11.9 Å². The van der Waals surface area contributed by atoms with Crippen LogP contribution in [0.15, 0.2) is 0 Å². The summed E-state index contributed by atoms with van der Waals surface area (Å²) in [7, 11) is 0. The summed E-state index contributed by atoms with van der Waals surface area (Å²) in [6.07, 6.45) is 3.90. The Labute approximate surface area is 119 Å². The quantitative estimate of drug-likeness (QED) is 0.802. The molecule has 0 aliphatic carbocycles. The lowest BCUT2D eigenvalue weighted by Gasteiger charge is -2.24. The molecule has 0 aromatic carbocycles. The maximum absolute atomic E-state index is 8.97. The number of rotatable bonds is 6. The van der Waals surface area contributed by atoms with E-state index >= 15 is 0 Å². The maximum Gasteiger partial charge on any atom is 0.323 e. The summed E-state index contributed by atoms with van der Waals surface area (Å²) in [6.45, 7) is 4.95. The zero-order valence-electron chi connectivity index (χ0n) is 12.1. The van der Waals surface area contributed by atoms with Crippen molar-refractivity contribution in [2.24, 2.45) is 0 Å². The Bertz CT molecular complexity index is 441. The molecule has 7 heteroatoms. The molecular weight excluding hydrogens is 258 g/mol. The van der Waals surface area contributed by atoms with Gasteiger partial charge in [0.05, 0.1) is 6.10 Å². The molecule has 1 fully saturated rings. The Hall–Kier alpha value is -1.63. The van der Waals surface area contributed by atoms with Crippen LogP contribution >= 0.6 is 0 Å². The van der Waals surface area contributed by atoms with Gasteiger partial charge in [-0.15, -0.1) is 0 Å². The van der Waals surface area contributed by atoms with Gasteiger partial charge in [-0.25, -0.2) is 0 Å². The van der Waals surface area contributed by atoms with E-state index in [0.29, 0.717) is 12.0 Å². The Morgan fingerprint density at radius 1 is 1.40 bits per heavy atom. The second kappa shape index (κ2) is 6.69. The number of nitrogens with two attached hydrogens (primary N) is 1. The van der Waals surface area contributed by atoms with Crippen molar-refractivity contribution in [2.75, 3.05) is 23.8 Å². The SMILES string of the molecule is CC(C)Oc1nc(N)nc(N2CCCC2CCCO)n1. The number of nitrogens with zero attached hydrogens (tertiary/aromatic N) is 4. The fraction of sp³-hybridized carbons (Fsp3) is 0.769. The van der Waals surface area contributed by atoms with E-state index in [1.165, 1.54) is 0 Å². The lowest BCUT2D eigenvalue weighted by Crippen LogP contribution is -2.31. The van der Waals surface area contributed by atoms with Gasteiger partial charge in [-0.2, -0.15) is 15.0 Å². The Morgan fingerprint density at radius 2 is 2.20 bits per heavy atom. The molecule has 3 N–H and O–H groups in total. The van der Waals surface area contributed by atoms with Gasteiger partial charge in [-0.3, -0.25) is 0 Å². The van der Waals surface area contributed by atoms with Gasteiger partial charge < -0.3 is 20.5 Å². The van der Waals surface area contributed by atoms with E-state index in [-0.39, 0.29) is 24.7 Å². The first-order chi connectivity index (χ1) is 9.60. The van der Waals surface area contributed by atoms with Crippen LogP contribution in [-0.4, -0.2) is 45.4 Å². The molecule has 1 saturated heterocycles. The van der Waals surface area contributed by atoms with Crippen LogP contribution in [0.3, 0.4) is 0 Å². The van der Waals surface area contributed by atoms with Gasteiger partial charge in [0.1, 0.15) is 0 Å². The summed E-state index contributed by atoms with van der Waals surface area (Å²) >= 11 is 0. The number of hydrogen-bond acceptors (Lipinski definition) is 7. The number of hydrogen-bond donors (Lipinski definition) is 2. The molecule has 2 rings (SSSR count). The van der Waals surface area contributed by atoms with Crippen LogP contribution in [0.25, 0.3) is 0 Å². The van der Waals surface area contributed by atoms with Gasteiger partial charge in [0.25, 0.3) is 0 Å². The van der Waals surface area contributed by atoms with Gasteiger partial charge in [-0.1, -0.05) is 0 Å². The lowest BCUT2D eigenvalue weighted by atomic mass is 10.1. The van der Waals surface area contributed by atoms with Crippen molar-refractivity contribution >= 4 is 11.9 Å². The normalized spacial score (nSPS) is 18.8. The smallest absolute Gasteiger partial charge is 0.323 e. The van der Waals surface area contributed by atoms with E-state index < -0.39 is 0 Å². The van der Waals surface area contributed by atoms with E-state index in [0.717, 1.165) is 32.2 Å². The molecule has 1 unspecified atom stereocenters. The zero-order valence-corrected chi connectivity index (χ0v) is 12.1. The Kier molecular flexibility index (Phi) is 4.94. The van der Waals surface area contributed by atoms with Gasteiger partial charge in [0.15, 0.2) is 0 Å². The maximum atomic E-state index is 8.97. The van der Waals surface area contributed by atoms with Crippen LogP contribution in [0.4, 0.5) is 11.9 Å². The van der Waals surface area contributed by atoms with Crippen LogP contribution in [0.1, 0.15) is 39.5 Å². The minimum atomic E-state index is -0.00610. The summed E-state index contributed by atoms with van der Waals surface area (Å²) in [5.74, 6) is 0.757. The van der Waals surface area contributed by atoms with Gasteiger partial charge in [0, 0.05) is 19.2 Å². The molecule has 0 saturated carbocycles. The fourth-order valence-electron chi connectivity index (χ4n) is 2.48. The molecule has 1 atom stereocenters. The molecule has 0 spiro atoms. The molecule has 1 aromatic heterocycles. The van der Waals surface area contributed by atoms with E-state index in [4.69, 9.17) is 15.6 Å². The van der Waals surface area contributed by atoms with Crippen LogP contribution in [0.2, 0.25) is 0 Å². The Balaban J connectivity index is 2.16. The van der Waals surface area contributed by atoms with Crippen molar-refractivity contribution in [3.63, 3.8) is 0 Å². The van der Waals surface area contributed by atoms with Crippen LogP contribution in [0.5, 0.6) is 6.01 Å². The van der Waals surface area contributed by atoms with Crippen molar-refractivity contribution in [1.29, 1.82) is 0 Å². The highest BCUT2D eigenvalue weighted by atomic mass is 16.5. The van der Waals surface area contributed by atoms with Crippen LogP contribution in [0, 0.1) is 0 Å². The van der Waals surface area contributed by atoms with Crippen molar-refractivity contribution in [3.05, 3.63) is 0 Å². The van der Waals surface area contributed by atoms with E-state index in [1.807, 2.05) is 13.8 Å². The van der Waals surface area contributed by atoms with E-state index in [1.54, 1.807) is 0 Å². The molecule has 1 aromatic rings. The average Bonchev–Trinajstić information content (AvgIpc) is 2.83. The summed E-state index contributed by atoms with van der Waals surface area (Å²) in [6, 6.07) is 0.631. The highest BCUT2D eigenvalue weighted by Crippen LogP contribution is 2.26. The molecule has 2 heterocycles. The molecule has 0 amide bonds. The van der Waals surface area contributed by atoms with Crippen molar-refractivity contribution in [1.82, 2.24) is 15.0 Å². The average molecular weight is 281 g/mol. The van der Waals surface area contributed by atoms with Crippen LogP contribution in [-0.2, 0) is 0 Å². The second-order valence-corrected chi connectivity index (χ2v) is 5.30. The summed E-state index contributed by atoms with van der Waals surface area (Å²) in [4.78, 5) is 14.7. The van der Waals surface area contributed by atoms with E-state index in [2.05, 4.69) is 19.9 Å². The summed E-state index contributed by atoms with van der Waals surface area (Å²) < 4.78 is 5.50. The van der Waals surface area contributed by atoms with Crippen molar-refractivity contribution in [2.45, 2.75) is 51.7 Å². The Morgan fingerprint density at radius 3 is 2.90 bits per heavy atom. The predicted octanol–water partition coefficient (Wildman–Crippen LogP) is 0.982. The second-order valence-electron chi connectivity index (χ2n) is 5.30. The molecule has 20 heavy (non-hydrogen) atoms. The number of aliphatic hydroxyl groups excluding tert-OH is 1. The molecule has 7 nitrogen and oxygen atoms in total. The number of aromatic nitrogens is 3. The van der Waals surface area contributed by atoms with Gasteiger partial charge >= 0.3 is 6.01 Å². The fourth-order valence-corrected chi connectivity index (χ4v) is 2.48. The predicted molar refractivity (Wildman–Crippen MR) is 76.7 cm³/mol. The number of ether oxygens (including phenoxy) is 1. The zero-order chi connectivity index (χ0) is 14.5. The third-order valence-electron chi connectivity index (χ3n) is 3.29. The standard InChI is InChI=1S/C13H23N5O2/c1-9(2)20-13-16-11(14)15-12(17-13)18-7-3-5-10(18)6-4-8-19/h9-10,19H,3-8H2,1-2H3,(H2,14,15,16,17). The highest BCUT2D eigenvalue weighted by molar-refractivity contribution is 5.38. The molecule has 1 aliphatic heterocycles. The lowest BCUT2D eigenvalue weighted by molar-refractivity contribution is 0.222. The summed E-state index contributed by atoms with van der Waals surface area (Å²) in [5, 5.41) is 8.97. The molecule has 0 bridgehead atoms. The topological polar surface area (TPSA) is 97.4 Å². The molecule has 112 valence electrons. The monoisotopic (exact) mass is 281 g/mol. The third kappa shape index (κ3) is 3.69. The van der Waals surface area contributed by atoms with Crippen molar-refractivity contribution in [3.8, 4) is 6.01 Å². The third-order valence-corrected chi connectivity index (χ3v) is 3.29. The number of anilines is 2. The largest absolute Gasteiger partial charge is 0.461 e. The molecule has 1 aliphatic rings. The minimum absolute atomic E-state index is 0.00610. The molecular formula is C13H23N5O2. The first-order valence-electron chi connectivity index (χ1n) is 7.16. The number of aliphatic hydroxyl groups is 1. The summed E-state index contributed by atoms with van der Waals surface area (Å²) in [5.41, 5.74) is 5.74. The van der Waals surface area contributed by atoms with E-state index in [9.17, 15) is 0 Å². The first kappa shape index (κ1) is 14.8. The van der Waals surface area contributed by atoms with Gasteiger partial charge in [-0.05, 0) is 39.5 Å².